The topological polar surface area (TPSA) is 35.5 Å². The second-order valence-electron chi connectivity index (χ2n) is 5.05. The highest BCUT2D eigenvalue weighted by Gasteiger charge is 2.50. The van der Waals surface area contributed by atoms with Gasteiger partial charge in [-0.25, -0.2) is 0 Å². The average molecular weight is 232 g/mol. The van der Waals surface area contributed by atoms with Crippen LogP contribution in [0.2, 0.25) is 0 Å². The summed E-state index contributed by atoms with van der Waals surface area (Å²) in [5.41, 5.74) is 2.64. The van der Waals surface area contributed by atoms with Gasteiger partial charge in [0.05, 0.1) is 6.61 Å². The zero-order chi connectivity index (χ0) is 11.8. The summed E-state index contributed by atoms with van der Waals surface area (Å²) in [6.07, 6.45) is 1.15. The first kappa shape index (κ1) is 11.1. The first-order chi connectivity index (χ1) is 8.36. The molecule has 3 nitrogen and oxygen atoms in total. The van der Waals surface area contributed by atoms with Gasteiger partial charge in [-0.05, 0) is 24.6 Å². The van der Waals surface area contributed by atoms with Gasteiger partial charge >= 0.3 is 0 Å². The van der Waals surface area contributed by atoms with Crippen molar-refractivity contribution < 1.29 is 5.11 Å². The summed E-state index contributed by atoms with van der Waals surface area (Å²) in [5.74, 6) is 0.518. The summed E-state index contributed by atoms with van der Waals surface area (Å²) >= 11 is 0. The van der Waals surface area contributed by atoms with Gasteiger partial charge in [0.25, 0.3) is 0 Å². The van der Waals surface area contributed by atoms with Crippen LogP contribution in [0.25, 0.3) is 0 Å². The molecule has 0 radical (unpaired) electrons. The number of fused-ring (bicyclic) bond motifs is 3. The third kappa shape index (κ3) is 1.57. The van der Waals surface area contributed by atoms with Crippen LogP contribution in [0.5, 0.6) is 0 Å². The van der Waals surface area contributed by atoms with Crippen LogP contribution in [0, 0.1) is 0 Å². The molecule has 1 fully saturated rings. The number of aliphatic hydroxyl groups is 1. The van der Waals surface area contributed by atoms with E-state index >= 15 is 0 Å². The van der Waals surface area contributed by atoms with E-state index in [4.69, 9.17) is 0 Å². The van der Waals surface area contributed by atoms with Crippen molar-refractivity contribution in [2.24, 2.45) is 0 Å². The smallest absolute Gasteiger partial charge is 0.0593 e. The van der Waals surface area contributed by atoms with Crippen molar-refractivity contribution in [2.45, 2.75) is 31.3 Å². The van der Waals surface area contributed by atoms with E-state index in [9.17, 15) is 5.11 Å². The van der Waals surface area contributed by atoms with Crippen molar-refractivity contribution in [3.63, 3.8) is 0 Å². The van der Waals surface area contributed by atoms with Crippen molar-refractivity contribution in [2.75, 3.05) is 25.0 Å². The van der Waals surface area contributed by atoms with Gasteiger partial charge in [0.1, 0.15) is 0 Å². The number of aliphatic hydroxyl groups excluding tert-OH is 1. The fourth-order valence-electron chi connectivity index (χ4n) is 3.44. The maximum absolute atomic E-state index is 9.59. The SMILES string of the molecule is CCCN1[C@H](CO)[C@H]2c3ccccc3NC[C@H]21. The molecule has 2 heterocycles. The summed E-state index contributed by atoms with van der Waals surface area (Å²) in [6.45, 7) is 4.58. The van der Waals surface area contributed by atoms with E-state index in [1.807, 2.05) is 0 Å². The van der Waals surface area contributed by atoms with Crippen LogP contribution in [-0.2, 0) is 0 Å². The van der Waals surface area contributed by atoms with E-state index in [2.05, 4.69) is 41.4 Å². The first-order valence-corrected chi connectivity index (χ1v) is 6.56. The van der Waals surface area contributed by atoms with E-state index < -0.39 is 0 Å². The number of para-hydroxylation sites is 1. The molecule has 92 valence electrons. The first-order valence-electron chi connectivity index (χ1n) is 6.56. The molecule has 1 aromatic rings. The lowest BCUT2D eigenvalue weighted by Crippen LogP contribution is -2.67. The molecule has 3 atom stereocenters. The maximum atomic E-state index is 9.59. The molecule has 1 saturated heterocycles. The van der Waals surface area contributed by atoms with Crippen LogP contribution in [0.15, 0.2) is 24.3 Å². The Hall–Kier alpha value is -1.06. The van der Waals surface area contributed by atoms with Gasteiger partial charge in [-0.15, -0.1) is 0 Å². The molecular weight excluding hydrogens is 212 g/mol. The van der Waals surface area contributed by atoms with Crippen LogP contribution in [0.1, 0.15) is 24.8 Å². The third-order valence-corrected chi connectivity index (χ3v) is 4.17. The fourth-order valence-corrected chi connectivity index (χ4v) is 3.44. The lowest BCUT2D eigenvalue weighted by Gasteiger charge is -2.57. The lowest BCUT2D eigenvalue weighted by molar-refractivity contribution is -0.0389. The number of likely N-dealkylation sites (tertiary alicyclic amines) is 1. The highest BCUT2D eigenvalue weighted by Crippen LogP contribution is 2.45. The second kappa shape index (κ2) is 4.31. The van der Waals surface area contributed by atoms with Gasteiger partial charge in [0, 0.05) is 30.2 Å². The number of benzene rings is 1. The van der Waals surface area contributed by atoms with Gasteiger partial charge in [0.2, 0.25) is 0 Å². The van der Waals surface area contributed by atoms with E-state index in [-0.39, 0.29) is 6.61 Å². The van der Waals surface area contributed by atoms with E-state index in [1.165, 1.54) is 11.3 Å². The summed E-state index contributed by atoms with van der Waals surface area (Å²) in [6, 6.07) is 9.40. The number of rotatable bonds is 3. The predicted molar refractivity (Wildman–Crippen MR) is 69.3 cm³/mol. The van der Waals surface area contributed by atoms with Crippen molar-refractivity contribution >= 4 is 5.69 Å². The van der Waals surface area contributed by atoms with Crippen LogP contribution in [0.3, 0.4) is 0 Å². The Kier molecular flexibility index (Phi) is 2.81. The molecule has 0 saturated carbocycles. The minimum Gasteiger partial charge on any atom is -0.395 e. The summed E-state index contributed by atoms with van der Waals surface area (Å²) in [4.78, 5) is 2.45. The molecule has 2 aliphatic rings. The molecule has 3 heteroatoms. The molecule has 0 bridgehead atoms. The molecule has 0 aromatic heterocycles. The molecule has 2 N–H and O–H groups in total. The standard InChI is InChI=1S/C14H20N2O/c1-2-7-16-12-8-15-11-6-4-3-5-10(11)14(12)13(16)9-17/h3-6,12-15,17H,2,7-9H2,1H3/t12-,13-,14+/m1/s1. The Bertz CT molecular complexity index is 407. The number of hydrogen-bond acceptors (Lipinski definition) is 3. The number of nitrogens with zero attached hydrogens (tertiary/aromatic N) is 1. The molecule has 0 amide bonds. The molecular formula is C14H20N2O. The van der Waals surface area contributed by atoms with Crippen LogP contribution < -0.4 is 5.32 Å². The van der Waals surface area contributed by atoms with Gasteiger partial charge in [0.15, 0.2) is 0 Å². The quantitative estimate of drug-likeness (QED) is 0.832. The summed E-state index contributed by atoms with van der Waals surface area (Å²) in [7, 11) is 0. The van der Waals surface area contributed by atoms with E-state index in [0.29, 0.717) is 18.0 Å². The monoisotopic (exact) mass is 232 g/mol. The highest BCUT2D eigenvalue weighted by molar-refractivity contribution is 5.57. The number of hydrogen-bond donors (Lipinski definition) is 2. The van der Waals surface area contributed by atoms with Crippen molar-refractivity contribution in [1.29, 1.82) is 0 Å². The van der Waals surface area contributed by atoms with Crippen LogP contribution >= 0.6 is 0 Å². The number of anilines is 1. The van der Waals surface area contributed by atoms with E-state index in [1.54, 1.807) is 0 Å². The van der Waals surface area contributed by atoms with E-state index in [0.717, 1.165) is 19.5 Å². The highest BCUT2D eigenvalue weighted by atomic mass is 16.3. The second-order valence-corrected chi connectivity index (χ2v) is 5.05. The van der Waals surface area contributed by atoms with Gasteiger partial charge in [-0.1, -0.05) is 25.1 Å². The predicted octanol–water partition coefficient (Wildman–Crippen LogP) is 1.65. The molecule has 0 aliphatic carbocycles. The summed E-state index contributed by atoms with van der Waals surface area (Å²) in [5, 5.41) is 13.1. The fraction of sp³-hybridized carbons (Fsp3) is 0.571. The zero-order valence-corrected chi connectivity index (χ0v) is 10.3. The molecule has 2 aliphatic heterocycles. The zero-order valence-electron chi connectivity index (χ0n) is 10.3. The Morgan fingerprint density at radius 3 is 3.00 bits per heavy atom. The minimum atomic E-state index is 0.273. The molecule has 0 unspecified atom stereocenters. The summed E-state index contributed by atoms with van der Waals surface area (Å²) < 4.78 is 0. The van der Waals surface area contributed by atoms with Crippen molar-refractivity contribution in [1.82, 2.24) is 4.90 Å². The van der Waals surface area contributed by atoms with Gasteiger partial charge in [-0.2, -0.15) is 0 Å². The van der Waals surface area contributed by atoms with Crippen LogP contribution in [0.4, 0.5) is 5.69 Å². The molecule has 0 spiro atoms. The average Bonchev–Trinajstić information content (AvgIpc) is 2.36. The Balaban J connectivity index is 1.89. The lowest BCUT2D eigenvalue weighted by atomic mass is 9.72. The van der Waals surface area contributed by atoms with Gasteiger partial charge in [-0.3, -0.25) is 4.90 Å². The molecule has 3 rings (SSSR count). The van der Waals surface area contributed by atoms with Crippen molar-refractivity contribution in [3.05, 3.63) is 29.8 Å². The van der Waals surface area contributed by atoms with Crippen molar-refractivity contribution in [3.8, 4) is 0 Å². The normalized spacial score (nSPS) is 31.1. The minimum absolute atomic E-state index is 0.273. The van der Waals surface area contributed by atoms with Crippen LogP contribution in [-0.4, -0.2) is 41.8 Å². The third-order valence-electron chi connectivity index (χ3n) is 4.17. The maximum Gasteiger partial charge on any atom is 0.0593 e. The Morgan fingerprint density at radius 2 is 2.24 bits per heavy atom. The Morgan fingerprint density at radius 1 is 1.41 bits per heavy atom. The largest absolute Gasteiger partial charge is 0.395 e. The Labute approximate surface area is 102 Å². The number of nitrogens with one attached hydrogen (secondary N) is 1. The molecule has 1 aromatic carbocycles. The molecule has 17 heavy (non-hydrogen) atoms. The van der Waals surface area contributed by atoms with Gasteiger partial charge < -0.3 is 10.4 Å².